The fourth-order valence-electron chi connectivity index (χ4n) is 3.41. The maximum absolute atomic E-state index is 12.7. The fraction of sp³-hybridized carbons (Fsp3) is 0.294. The Labute approximate surface area is 143 Å². The molecule has 8 heteroatoms. The molecule has 3 heterocycles. The quantitative estimate of drug-likeness (QED) is 0.745. The van der Waals surface area contributed by atoms with Crippen LogP contribution in [0.25, 0.3) is 11.0 Å². The molecule has 1 aliphatic heterocycles. The summed E-state index contributed by atoms with van der Waals surface area (Å²) in [5.41, 5.74) is 3.03. The van der Waals surface area contributed by atoms with Crippen molar-refractivity contribution in [3.63, 3.8) is 0 Å². The first-order valence-electron chi connectivity index (χ1n) is 8.02. The second-order valence-corrected chi connectivity index (χ2v) is 6.25. The van der Waals surface area contributed by atoms with Gasteiger partial charge in [0.05, 0.1) is 35.1 Å². The first-order valence-corrected chi connectivity index (χ1v) is 8.02. The number of imidazole rings is 1. The van der Waals surface area contributed by atoms with E-state index in [1.165, 1.54) is 0 Å². The third-order valence-electron chi connectivity index (χ3n) is 4.75. The van der Waals surface area contributed by atoms with Crippen molar-refractivity contribution < 1.29 is 9.59 Å². The Hall–Kier alpha value is -3.16. The van der Waals surface area contributed by atoms with Crippen LogP contribution < -0.4 is 5.32 Å². The van der Waals surface area contributed by atoms with Crippen molar-refractivity contribution in [3.05, 3.63) is 48.0 Å². The number of rotatable bonds is 3. The van der Waals surface area contributed by atoms with Crippen LogP contribution in [0.1, 0.15) is 28.5 Å². The summed E-state index contributed by atoms with van der Waals surface area (Å²) in [7, 11) is 3.58. The predicted molar refractivity (Wildman–Crippen MR) is 90.7 cm³/mol. The second-order valence-electron chi connectivity index (χ2n) is 6.25. The summed E-state index contributed by atoms with van der Waals surface area (Å²) in [5.74, 6) is -0.211. The Morgan fingerprint density at radius 1 is 1.32 bits per heavy atom. The first-order chi connectivity index (χ1) is 12.0. The van der Waals surface area contributed by atoms with Gasteiger partial charge in [-0.1, -0.05) is 0 Å². The van der Waals surface area contributed by atoms with Crippen LogP contribution in [-0.2, 0) is 11.8 Å². The van der Waals surface area contributed by atoms with Crippen molar-refractivity contribution in [2.75, 3.05) is 7.05 Å². The molecule has 0 spiro atoms. The number of hydrogen-bond acceptors (Lipinski definition) is 4. The van der Waals surface area contributed by atoms with E-state index in [1.807, 2.05) is 13.1 Å². The summed E-state index contributed by atoms with van der Waals surface area (Å²) in [6, 6.07) is 6.62. The Kier molecular flexibility index (Phi) is 3.52. The smallest absolute Gasteiger partial charge is 0.251 e. The van der Waals surface area contributed by atoms with Crippen molar-refractivity contribution in [3.8, 4) is 0 Å². The molecule has 2 aromatic heterocycles. The van der Waals surface area contributed by atoms with Gasteiger partial charge < -0.3 is 15.2 Å². The van der Waals surface area contributed by atoms with Gasteiger partial charge in [0.2, 0.25) is 5.91 Å². The van der Waals surface area contributed by atoms with E-state index in [2.05, 4.69) is 20.4 Å². The highest BCUT2D eigenvalue weighted by molar-refractivity contribution is 5.98. The average Bonchev–Trinajstić information content (AvgIpc) is 3.28. The normalized spacial score (nSPS) is 20.4. The number of carbonyl (C=O) groups excluding carboxylic acids is 2. The minimum absolute atomic E-state index is 0.000481. The monoisotopic (exact) mass is 338 g/mol. The lowest BCUT2D eigenvalue weighted by atomic mass is 10.0. The van der Waals surface area contributed by atoms with E-state index in [-0.39, 0.29) is 30.3 Å². The van der Waals surface area contributed by atoms with Gasteiger partial charge in [-0.05, 0) is 24.3 Å². The number of aromatic nitrogens is 4. The molecule has 1 saturated heterocycles. The summed E-state index contributed by atoms with van der Waals surface area (Å²) in [6.45, 7) is 0. The number of amides is 2. The van der Waals surface area contributed by atoms with Crippen LogP contribution in [0.5, 0.6) is 0 Å². The van der Waals surface area contributed by atoms with E-state index in [0.29, 0.717) is 5.56 Å². The molecule has 0 radical (unpaired) electrons. The van der Waals surface area contributed by atoms with E-state index in [4.69, 9.17) is 0 Å². The van der Waals surface area contributed by atoms with E-state index in [0.717, 1.165) is 16.7 Å². The van der Waals surface area contributed by atoms with E-state index in [1.54, 1.807) is 47.4 Å². The lowest BCUT2D eigenvalue weighted by Crippen LogP contribution is -2.39. The number of fused-ring (bicyclic) bond motifs is 1. The van der Waals surface area contributed by atoms with Crippen LogP contribution >= 0.6 is 0 Å². The Balaban J connectivity index is 1.60. The van der Waals surface area contributed by atoms with Crippen LogP contribution in [0, 0.1) is 0 Å². The van der Waals surface area contributed by atoms with Crippen molar-refractivity contribution in [2.24, 2.45) is 7.05 Å². The van der Waals surface area contributed by atoms with Gasteiger partial charge in [-0.2, -0.15) is 5.10 Å². The molecule has 1 aromatic carbocycles. The molecule has 2 N–H and O–H groups in total. The lowest BCUT2D eigenvalue weighted by molar-refractivity contribution is -0.127. The zero-order valence-corrected chi connectivity index (χ0v) is 13.9. The van der Waals surface area contributed by atoms with Crippen molar-refractivity contribution >= 4 is 22.8 Å². The number of aryl methyl sites for hydroxylation is 1. The molecule has 1 fully saturated rings. The number of carbonyl (C=O) groups is 2. The largest absolute Gasteiger partial charge is 0.346 e. The summed E-state index contributed by atoms with van der Waals surface area (Å²) in [4.78, 5) is 33.7. The van der Waals surface area contributed by atoms with Crippen LogP contribution in [0.15, 0.2) is 36.8 Å². The third-order valence-corrected chi connectivity index (χ3v) is 4.75. The minimum atomic E-state index is -0.308. The lowest BCUT2D eigenvalue weighted by Gasteiger charge is -2.25. The number of benzene rings is 1. The molecule has 2 atom stereocenters. The molecule has 0 aliphatic carbocycles. The van der Waals surface area contributed by atoms with Gasteiger partial charge in [-0.15, -0.1) is 0 Å². The van der Waals surface area contributed by atoms with Crippen molar-refractivity contribution in [1.29, 1.82) is 0 Å². The van der Waals surface area contributed by atoms with E-state index in [9.17, 15) is 9.59 Å². The molecule has 128 valence electrons. The van der Waals surface area contributed by atoms with Crippen molar-refractivity contribution in [2.45, 2.75) is 18.5 Å². The van der Waals surface area contributed by atoms with Crippen LogP contribution in [-0.4, -0.2) is 49.6 Å². The topological polar surface area (TPSA) is 95.9 Å². The zero-order valence-electron chi connectivity index (χ0n) is 13.9. The summed E-state index contributed by atoms with van der Waals surface area (Å²) in [6.07, 6.45) is 3.55. The van der Waals surface area contributed by atoms with Gasteiger partial charge in [-0.25, -0.2) is 4.98 Å². The highest BCUT2D eigenvalue weighted by atomic mass is 16.2. The number of hydrogen-bond donors (Lipinski definition) is 2. The summed E-state index contributed by atoms with van der Waals surface area (Å²) >= 11 is 0. The Bertz CT molecular complexity index is 959. The molecular weight excluding hydrogens is 320 g/mol. The molecular formula is C17H18N6O2. The molecule has 0 unspecified atom stereocenters. The molecule has 3 aromatic rings. The molecule has 0 saturated carbocycles. The maximum atomic E-state index is 12.7. The number of likely N-dealkylation sites (N-methyl/N-ethyl adjacent to an activating group) is 1. The highest BCUT2D eigenvalue weighted by Crippen LogP contribution is 2.31. The third kappa shape index (κ3) is 2.55. The standard InChI is InChI=1S/C17H18N6O2/c1-22-15(24)8-13(16(22)14-5-6-20-23(14)2)21-17(25)10-3-4-11-12(7-10)19-9-18-11/h3-7,9,13,16H,8H2,1-2H3,(H,18,19)(H,21,25)/t13-,16-/m0/s1. The number of aromatic amines is 1. The van der Waals surface area contributed by atoms with E-state index < -0.39 is 0 Å². The Morgan fingerprint density at radius 3 is 2.92 bits per heavy atom. The first kappa shape index (κ1) is 15.4. The summed E-state index contributed by atoms with van der Waals surface area (Å²) in [5, 5.41) is 7.18. The molecule has 1 aliphatic rings. The molecule has 0 bridgehead atoms. The maximum Gasteiger partial charge on any atom is 0.251 e. The van der Waals surface area contributed by atoms with Crippen LogP contribution in [0.2, 0.25) is 0 Å². The second kappa shape index (κ2) is 5.73. The average molecular weight is 338 g/mol. The number of likely N-dealkylation sites (tertiary alicyclic amines) is 1. The van der Waals surface area contributed by atoms with Gasteiger partial charge in [0, 0.05) is 32.3 Å². The van der Waals surface area contributed by atoms with Crippen LogP contribution in [0.4, 0.5) is 0 Å². The predicted octanol–water partition coefficient (Wildman–Crippen LogP) is 0.998. The highest BCUT2D eigenvalue weighted by Gasteiger charge is 2.40. The molecule has 8 nitrogen and oxygen atoms in total. The van der Waals surface area contributed by atoms with Gasteiger partial charge in [0.15, 0.2) is 0 Å². The number of nitrogens with one attached hydrogen (secondary N) is 2. The van der Waals surface area contributed by atoms with Crippen molar-refractivity contribution in [1.82, 2.24) is 30.0 Å². The van der Waals surface area contributed by atoms with Gasteiger partial charge in [0.1, 0.15) is 0 Å². The zero-order chi connectivity index (χ0) is 17.6. The fourth-order valence-corrected chi connectivity index (χ4v) is 3.41. The SMILES string of the molecule is CN1C(=O)C[C@H](NC(=O)c2ccc3nc[nH]c3c2)[C@H]1c1ccnn1C. The van der Waals surface area contributed by atoms with E-state index >= 15 is 0 Å². The minimum Gasteiger partial charge on any atom is -0.346 e. The van der Waals surface area contributed by atoms with Gasteiger partial charge in [-0.3, -0.25) is 14.3 Å². The molecule has 4 rings (SSSR count). The number of H-pyrrole nitrogens is 1. The van der Waals surface area contributed by atoms with Crippen LogP contribution in [0.3, 0.4) is 0 Å². The molecule has 2 amide bonds. The Morgan fingerprint density at radius 2 is 2.16 bits per heavy atom. The number of nitrogens with zero attached hydrogens (tertiary/aromatic N) is 4. The summed E-state index contributed by atoms with van der Waals surface area (Å²) < 4.78 is 1.73. The molecule has 25 heavy (non-hydrogen) atoms. The van der Waals surface area contributed by atoms with Gasteiger partial charge in [0.25, 0.3) is 5.91 Å². The van der Waals surface area contributed by atoms with Gasteiger partial charge >= 0.3 is 0 Å².